The maximum Gasteiger partial charge on any atom is -0.00185 e. The fraction of sp³-hybridized carbons (Fsp3) is 1.00. The number of nitrogens with one attached hydrogen (secondary N) is 1. The summed E-state index contributed by atoms with van der Waals surface area (Å²) in [4.78, 5) is 0. The van der Waals surface area contributed by atoms with E-state index in [1.54, 1.807) is 0 Å². The van der Waals surface area contributed by atoms with Gasteiger partial charge in [-0.1, -0.05) is 91.9 Å². The molecule has 0 aliphatic rings. The Morgan fingerprint density at radius 2 is 1.20 bits per heavy atom. The molecule has 0 amide bonds. The van der Waals surface area contributed by atoms with E-state index in [9.17, 15) is 0 Å². The Bertz CT molecular complexity index is 192. The Kier molecular flexibility index (Phi) is 12.7. The molecule has 20 heavy (non-hydrogen) atoms. The normalized spacial score (nSPS) is 13.7. The first-order valence-corrected chi connectivity index (χ1v) is 9.17. The lowest BCUT2D eigenvalue weighted by atomic mass is 9.77. The first-order valence-electron chi connectivity index (χ1n) is 9.17. The number of unbranched alkanes of at least 4 members (excludes halogenated alkanes) is 9. The van der Waals surface area contributed by atoms with Gasteiger partial charge in [-0.15, -0.1) is 0 Å². The van der Waals surface area contributed by atoms with Crippen molar-refractivity contribution in [1.29, 1.82) is 0 Å². The molecule has 0 fully saturated rings. The minimum absolute atomic E-state index is 0.447. The smallest absolute Gasteiger partial charge is 0.00185 e. The van der Waals surface area contributed by atoms with Crippen molar-refractivity contribution in [2.75, 3.05) is 13.6 Å². The molecule has 0 aliphatic carbocycles. The number of hydrogen-bond acceptors (Lipinski definition) is 1. The van der Waals surface area contributed by atoms with E-state index in [1.165, 1.54) is 77.2 Å². The highest BCUT2D eigenvalue weighted by Gasteiger charge is 2.22. The first-order chi connectivity index (χ1) is 9.52. The van der Waals surface area contributed by atoms with Crippen LogP contribution < -0.4 is 5.32 Å². The predicted molar refractivity (Wildman–Crippen MR) is 93.3 cm³/mol. The molecule has 1 N–H and O–H groups in total. The van der Waals surface area contributed by atoms with Crippen molar-refractivity contribution < 1.29 is 0 Å². The molecule has 0 rings (SSSR count). The van der Waals surface area contributed by atoms with Crippen LogP contribution in [0.15, 0.2) is 0 Å². The van der Waals surface area contributed by atoms with Crippen LogP contribution in [0.5, 0.6) is 0 Å². The van der Waals surface area contributed by atoms with Crippen LogP contribution in [-0.2, 0) is 0 Å². The molecule has 1 nitrogen and oxygen atoms in total. The first kappa shape index (κ1) is 20.0. The zero-order chi connectivity index (χ0) is 15.3. The highest BCUT2D eigenvalue weighted by Crippen LogP contribution is 2.29. The summed E-state index contributed by atoms with van der Waals surface area (Å²) in [6.45, 7) is 10.6. The summed E-state index contributed by atoms with van der Waals surface area (Å²) in [6, 6.07) is 0. The van der Waals surface area contributed by atoms with Crippen LogP contribution in [0.2, 0.25) is 0 Å². The van der Waals surface area contributed by atoms with Crippen LogP contribution in [0.3, 0.4) is 0 Å². The largest absolute Gasteiger partial charge is 0.319 e. The van der Waals surface area contributed by atoms with Gasteiger partial charge in [-0.25, -0.2) is 0 Å². The van der Waals surface area contributed by atoms with Crippen molar-refractivity contribution in [1.82, 2.24) is 5.32 Å². The molecule has 0 bridgehead atoms. The van der Waals surface area contributed by atoms with Crippen LogP contribution in [-0.4, -0.2) is 13.6 Å². The van der Waals surface area contributed by atoms with Crippen molar-refractivity contribution in [3.8, 4) is 0 Å². The molecule has 0 aliphatic heterocycles. The van der Waals surface area contributed by atoms with Gasteiger partial charge < -0.3 is 5.32 Å². The average Bonchev–Trinajstić information content (AvgIpc) is 2.38. The molecular formula is C19H41N. The summed E-state index contributed by atoms with van der Waals surface area (Å²) in [6.07, 6.45) is 15.8. The van der Waals surface area contributed by atoms with Gasteiger partial charge in [0.05, 0.1) is 0 Å². The molecule has 122 valence electrons. The minimum atomic E-state index is 0.447. The van der Waals surface area contributed by atoms with Crippen molar-refractivity contribution in [2.24, 2.45) is 11.3 Å². The Balaban J connectivity index is 3.41. The van der Waals surface area contributed by atoms with E-state index in [0.717, 1.165) is 5.92 Å². The van der Waals surface area contributed by atoms with Gasteiger partial charge in [0, 0.05) is 0 Å². The summed E-state index contributed by atoms with van der Waals surface area (Å²) >= 11 is 0. The summed E-state index contributed by atoms with van der Waals surface area (Å²) in [5.41, 5.74) is 0.447. The van der Waals surface area contributed by atoms with Crippen LogP contribution >= 0.6 is 0 Å². The Labute approximate surface area is 129 Å². The second-order valence-corrected chi connectivity index (χ2v) is 7.59. The third-order valence-corrected chi connectivity index (χ3v) is 4.58. The van der Waals surface area contributed by atoms with Crippen LogP contribution in [0.4, 0.5) is 0 Å². The van der Waals surface area contributed by atoms with Crippen LogP contribution in [0.25, 0.3) is 0 Å². The summed E-state index contributed by atoms with van der Waals surface area (Å²) in [5, 5.41) is 3.36. The third kappa shape index (κ3) is 11.8. The third-order valence-electron chi connectivity index (χ3n) is 4.58. The van der Waals surface area contributed by atoms with E-state index in [0.29, 0.717) is 5.41 Å². The maximum atomic E-state index is 3.36. The fourth-order valence-electron chi connectivity index (χ4n) is 2.97. The molecule has 0 heterocycles. The van der Waals surface area contributed by atoms with Gasteiger partial charge in [0.1, 0.15) is 0 Å². The van der Waals surface area contributed by atoms with Gasteiger partial charge in [-0.05, 0) is 31.3 Å². The fourth-order valence-corrected chi connectivity index (χ4v) is 2.97. The van der Waals surface area contributed by atoms with Gasteiger partial charge in [0.2, 0.25) is 0 Å². The van der Waals surface area contributed by atoms with Crippen molar-refractivity contribution in [2.45, 2.75) is 98.3 Å². The SMILES string of the molecule is CCCCCCCCCCCCC(CNC)C(C)(C)C. The Morgan fingerprint density at radius 1 is 0.750 bits per heavy atom. The quantitative estimate of drug-likeness (QED) is 0.398. The van der Waals surface area contributed by atoms with Crippen LogP contribution in [0.1, 0.15) is 98.3 Å². The van der Waals surface area contributed by atoms with E-state index < -0.39 is 0 Å². The van der Waals surface area contributed by atoms with Gasteiger partial charge in [0.15, 0.2) is 0 Å². The molecule has 0 aromatic heterocycles. The van der Waals surface area contributed by atoms with Crippen molar-refractivity contribution in [3.05, 3.63) is 0 Å². The molecule has 0 radical (unpaired) electrons. The predicted octanol–water partition coefficient (Wildman–Crippen LogP) is 6.18. The number of hydrogen-bond donors (Lipinski definition) is 1. The number of rotatable bonds is 13. The molecule has 0 saturated carbocycles. The molecule has 0 aromatic carbocycles. The molecule has 0 saturated heterocycles. The molecule has 0 spiro atoms. The highest BCUT2D eigenvalue weighted by molar-refractivity contribution is 4.75. The summed E-state index contributed by atoms with van der Waals surface area (Å²) in [5.74, 6) is 0.821. The zero-order valence-electron chi connectivity index (χ0n) is 15.1. The lowest BCUT2D eigenvalue weighted by molar-refractivity contribution is 0.216. The second kappa shape index (κ2) is 12.7. The molecule has 0 aromatic rings. The van der Waals surface area contributed by atoms with Crippen molar-refractivity contribution >= 4 is 0 Å². The van der Waals surface area contributed by atoms with Crippen LogP contribution in [0, 0.1) is 11.3 Å². The molecule has 1 heteroatoms. The Hall–Kier alpha value is -0.0400. The molecule has 1 unspecified atom stereocenters. The standard InChI is InChI=1S/C19H41N/c1-6-7-8-9-10-11-12-13-14-15-16-18(17-20-5)19(2,3)4/h18,20H,6-17H2,1-5H3. The van der Waals surface area contributed by atoms with Crippen molar-refractivity contribution in [3.63, 3.8) is 0 Å². The van der Waals surface area contributed by atoms with Gasteiger partial charge in [-0.3, -0.25) is 0 Å². The van der Waals surface area contributed by atoms with E-state index in [4.69, 9.17) is 0 Å². The summed E-state index contributed by atoms with van der Waals surface area (Å²) in [7, 11) is 2.08. The summed E-state index contributed by atoms with van der Waals surface area (Å²) < 4.78 is 0. The second-order valence-electron chi connectivity index (χ2n) is 7.59. The van der Waals surface area contributed by atoms with Gasteiger partial charge in [0.25, 0.3) is 0 Å². The minimum Gasteiger partial charge on any atom is -0.319 e. The zero-order valence-corrected chi connectivity index (χ0v) is 15.1. The van der Waals surface area contributed by atoms with E-state index in [1.807, 2.05) is 0 Å². The lowest BCUT2D eigenvalue weighted by Gasteiger charge is -2.30. The topological polar surface area (TPSA) is 12.0 Å². The van der Waals surface area contributed by atoms with E-state index in [2.05, 4.69) is 40.1 Å². The lowest BCUT2D eigenvalue weighted by Crippen LogP contribution is -2.30. The highest BCUT2D eigenvalue weighted by atomic mass is 14.8. The maximum absolute atomic E-state index is 3.36. The average molecular weight is 284 g/mol. The Morgan fingerprint density at radius 3 is 1.60 bits per heavy atom. The molecule has 1 atom stereocenters. The van der Waals surface area contributed by atoms with Gasteiger partial charge in [-0.2, -0.15) is 0 Å². The van der Waals surface area contributed by atoms with E-state index in [-0.39, 0.29) is 0 Å². The van der Waals surface area contributed by atoms with E-state index >= 15 is 0 Å². The monoisotopic (exact) mass is 283 g/mol. The van der Waals surface area contributed by atoms with Gasteiger partial charge >= 0.3 is 0 Å². The molecular weight excluding hydrogens is 242 g/mol.